The Morgan fingerprint density at radius 1 is 1.08 bits per heavy atom. The second-order valence-corrected chi connectivity index (χ2v) is 11.1. The van der Waals surface area contributed by atoms with Crippen molar-refractivity contribution in [2.24, 2.45) is 17.3 Å². The largest absolute Gasteiger partial charge is 0.477 e. The van der Waals surface area contributed by atoms with Crippen LogP contribution in [0.2, 0.25) is 0 Å². The lowest BCUT2D eigenvalue weighted by Crippen LogP contribution is -2.45. The molecule has 0 spiro atoms. The molecule has 0 saturated heterocycles. The molecule has 2 N–H and O–H groups in total. The quantitative estimate of drug-likeness (QED) is 0.200. The van der Waals surface area contributed by atoms with Crippen LogP contribution < -0.4 is 10.4 Å². The summed E-state index contributed by atoms with van der Waals surface area (Å²) in [5, 5.41) is 11.0. The number of anilines is 1. The first kappa shape index (κ1) is 36.9. The lowest BCUT2D eigenvalue weighted by Gasteiger charge is -2.30. The zero-order valence-electron chi connectivity index (χ0n) is 24.9. The fourth-order valence-corrected chi connectivity index (χ4v) is 4.56. The molecular weight excluding hydrogens is 480 g/mol. The topological polar surface area (TPSA) is 69.6 Å². The van der Waals surface area contributed by atoms with E-state index in [0.29, 0.717) is 16.5 Å². The van der Waals surface area contributed by atoms with Crippen molar-refractivity contribution in [2.45, 2.75) is 113 Å². The zero-order valence-corrected chi connectivity index (χ0v) is 25.7. The van der Waals surface area contributed by atoms with Gasteiger partial charge in [-0.3, -0.25) is 4.79 Å². The maximum absolute atomic E-state index is 13.0. The van der Waals surface area contributed by atoms with Gasteiger partial charge in [0.15, 0.2) is 0 Å². The van der Waals surface area contributed by atoms with Gasteiger partial charge in [-0.1, -0.05) is 78.6 Å². The molecular formula is C31H52N2O3S. The van der Waals surface area contributed by atoms with E-state index < -0.39 is 5.97 Å². The molecule has 210 valence electrons. The molecule has 1 saturated carbocycles. The number of carboxylic acid groups (broad SMARTS) is 1. The van der Waals surface area contributed by atoms with Crippen molar-refractivity contribution in [3.63, 3.8) is 0 Å². The van der Waals surface area contributed by atoms with E-state index in [4.69, 9.17) is 0 Å². The molecule has 0 atom stereocenters. The average molecular weight is 533 g/mol. The van der Waals surface area contributed by atoms with Crippen LogP contribution in [0.4, 0.5) is 5.69 Å². The number of unbranched alkanes of at least 4 members (excludes halogenated alkanes) is 4. The van der Waals surface area contributed by atoms with E-state index in [2.05, 4.69) is 50.9 Å². The van der Waals surface area contributed by atoms with E-state index in [1.165, 1.54) is 37.1 Å². The van der Waals surface area contributed by atoms with Gasteiger partial charge in [-0.2, -0.15) is 0 Å². The van der Waals surface area contributed by atoms with Crippen molar-refractivity contribution in [2.75, 3.05) is 12.1 Å². The van der Waals surface area contributed by atoms with E-state index in [9.17, 15) is 14.7 Å². The fraction of sp³-hybridized carbons (Fsp3) is 0.677. The maximum atomic E-state index is 13.0. The molecule has 0 radical (unpaired) electrons. The Balaban J connectivity index is 0. The number of thiophene rings is 1. The molecule has 5 nitrogen and oxygen atoms in total. The summed E-state index contributed by atoms with van der Waals surface area (Å²) in [6.07, 6.45) is 18.8. The van der Waals surface area contributed by atoms with Gasteiger partial charge < -0.3 is 5.11 Å². The van der Waals surface area contributed by atoms with E-state index in [1.807, 2.05) is 34.6 Å². The number of carboxylic acids is 1. The highest BCUT2D eigenvalue weighted by molar-refractivity contribution is 7.15. The highest BCUT2D eigenvalue weighted by Gasteiger charge is 2.31. The van der Waals surface area contributed by atoms with Crippen molar-refractivity contribution in [1.29, 1.82) is 0 Å². The second kappa shape index (κ2) is 20.7. The van der Waals surface area contributed by atoms with Gasteiger partial charge in [-0.05, 0) is 58.4 Å². The Hall–Kier alpha value is -2.28. The van der Waals surface area contributed by atoms with Crippen LogP contribution in [0.1, 0.15) is 128 Å². The molecule has 37 heavy (non-hydrogen) atoms. The van der Waals surface area contributed by atoms with Crippen LogP contribution in [0, 0.1) is 41.9 Å². The van der Waals surface area contributed by atoms with E-state index in [1.54, 1.807) is 13.1 Å². The minimum atomic E-state index is -1.04. The van der Waals surface area contributed by atoms with E-state index in [-0.39, 0.29) is 22.1 Å². The van der Waals surface area contributed by atoms with Crippen LogP contribution in [-0.4, -0.2) is 24.0 Å². The molecule has 1 fully saturated rings. The van der Waals surface area contributed by atoms with Gasteiger partial charge in [-0.25, -0.2) is 15.2 Å². The number of carbonyl (C=O) groups is 2. The van der Waals surface area contributed by atoms with Gasteiger partial charge in [0.05, 0.1) is 10.6 Å². The van der Waals surface area contributed by atoms with Crippen molar-refractivity contribution < 1.29 is 14.7 Å². The Morgan fingerprint density at radius 2 is 1.59 bits per heavy atom. The number of amides is 1. The first-order chi connectivity index (χ1) is 17.5. The predicted octanol–water partition coefficient (Wildman–Crippen LogP) is 8.39. The molecule has 1 aromatic heterocycles. The van der Waals surface area contributed by atoms with Crippen LogP contribution >= 0.6 is 11.3 Å². The van der Waals surface area contributed by atoms with Gasteiger partial charge >= 0.3 is 5.97 Å². The third kappa shape index (κ3) is 14.9. The predicted molar refractivity (Wildman–Crippen MR) is 161 cm³/mol. The minimum absolute atomic E-state index is 0.0602. The van der Waals surface area contributed by atoms with Crippen LogP contribution in [-0.2, 0) is 4.79 Å². The van der Waals surface area contributed by atoms with Gasteiger partial charge in [0.1, 0.15) is 4.88 Å². The molecule has 1 aromatic rings. The SMILES string of the molecule is C#C.CC.CCCCCCC.CNN(C(=O)C1CCC(C)CC1)c1cc(C#CC(C)(C)C)sc1C(=O)O. The molecule has 1 heterocycles. The summed E-state index contributed by atoms with van der Waals surface area (Å²) in [6.45, 7) is 16.7. The smallest absolute Gasteiger partial charge is 0.348 e. The van der Waals surface area contributed by atoms with Gasteiger partial charge in [-0.15, -0.1) is 24.2 Å². The summed E-state index contributed by atoms with van der Waals surface area (Å²) in [4.78, 5) is 25.5. The summed E-state index contributed by atoms with van der Waals surface area (Å²) in [7, 11) is 1.65. The number of hydrogen-bond acceptors (Lipinski definition) is 4. The summed E-state index contributed by atoms with van der Waals surface area (Å²) < 4.78 is 0. The molecule has 0 bridgehead atoms. The first-order valence-electron chi connectivity index (χ1n) is 13.8. The Labute approximate surface area is 231 Å². The normalized spacial score (nSPS) is 16.2. The fourth-order valence-electron chi connectivity index (χ4n) is 3.73. The van der Waals surface area contributed by atoms with Crippen LogP contribution in [0.3, 0.4) is 0 Å². The lowest BCUT2D eigenvalue weighted by molar-refractivity contribution is -0.124. The van der Waals surface area contributed by atoms with E-state index in [0.717, 1.165) is 37.0 Å². The molecule has 0 aromatic carbocycles. The third-order valence-corrected chi connectivity index (χ3v) is 6.75. The third-order valence-electron chi connectivity index (χ3n) is 5.72. The summed E-state index contributed by atoms with van der Waals surface area (Å²) in [5.41, 5.74) is 3.09. The van der Waals surface area contributed by atoms with Gasteiger partial charge in [0.25, 0.3) is 0 Å². The summed E-state index contributed by atoms with van der Waals surface area (Å²) in [5.74, 6) is 5.64. The monoisotopic (exact) mass is 532 g/mol. The zero-order chi connectivity index (χ0) is 29.0. The highest BCUT2D eigenvalue weighted by Crippen LogP contribution is 2.34. The number of hydrazine groups is 1. The molecule has 2 rings (SSSR count). The lowest BCUT2D eigenvalue weighted by atomic mass is 9.82. The Kier molecular flexibility index (Phi) is 20.7. The Bertz CT molecular complexity index is 843. The standard InChI is InChI=1S/C20H28N2O3S.C7H16.C2H6.C2H2/c1-13-6-8-14(9-7-13)18(23)22(21-5)16-12-15(10-11-20(2,3)4)26-17(16)19(24)25;1-3-5-7-6-4-2;2*1-2/h12-14,21H,6-9H2,1-5H3,(H,24,25);3-7H2,1-2H3;1-2H3;1-2H. The van der Waals surface area contributed by atoms with Crippen molar-refractivity contribution >= 4 is 28.9 Å². The van der Waals surface area contributed by atoms with Gasteiger partial charge in [0, 0.05) is 18.4 Å². The first-order valence-corrected chi connectivity index (χ1v) is 14.6. The summed E-state index contributed by atoms with van der Waals surface area (Å²) >= 11 is 1.11. The van der Waals surface area contributed by atoms with Crippen molar-refractivity contribution in [3.05, 3.63) is 15.8 Å². The minimum Gasteiger partial charge on any atom is -0.477 e. The molecule has 1 amide bonds. The molecule has 1 aliphatic carbocycles. The van der Waals surface area contributed by atoms with Crippen molar-refractivity contribution in [3.8, 4) is 24.7 Å². The Morgan fingerprint density at radius 3 is 2.00 bits per heavy atom. The number of carbonyl (C=O) groups excluding carboxylic acids is 1. The van der Waals surface area contributed by atoms with Crippen LogP contribution in [0.5, 0.6) is 0 Å². The maximum Gasteiger partial charge on any atom is 0.348 e. The number of aromatic carboxylic acids is 1. The van der Waals surface area contributed by atoms with E-state index >= 15 is 0 Å². The molecule has 0 aliphatic heterocycles. The average Bonchev–Trinajstić information content (AvgIpc) is 3.31. The van der Waals surface area contributed by atoms with Crippen molar-refractivity contribution in [1.82, 2.24) is 5.43 Å². The molecule has 0 unspecified atom stereocenters. The number of hydrogen-bond donors (Lipinski definition) is 2. The number of terminal acetylenes is 1. The number of nitrogens with one attached hydrogen (secondary N) is 1. The van der Waals surface area contributed by atoms with Gasteiger partial charge in [0.2, 0.25) is 5.91 Å². The number of nitrogens with zero attached hydrogens (tertiary/aromatic N) is 1. The molecule has 6 heteroatoms. The molecule has 1 aliphatic rings. The highest BCUT2D eigenvalue weighted by atomic mass is 32.1. The van der Waals surface area contributed by atoms with Crippen LogP contribution in [0.15, 0.2) is 6.07 Å². The summed E-state index contributed by atoms with van der Waals surface area (Å²) in [6, 6.07) is 1.70. The van der Waals surface area contributed by atoms with Crippen LogP contribution in [0.25, 0.3) is 0 Å². The number of rotatable bonds is 8. The second-order valence-electron chi connectivity index (χ2n) is 10.0.